The zero-order valence-electron chi connectivity index (χ0n) is 27.7. The van der Waals surface area contributed by atoms with Gasteiger partial charge >= 0.3 is 6.01 Å². The predicted molar refractivity (Wildman–Crippen MR) is 189 cm³/mol. The number of fused-ring (bicyclic) bond motifs is 2. The molecular weight excluding hydrogens is 656 g/mol. The third kappa shape index (κ3) is 7.59. The monoisotopic (exact) mass is 698 g/mol. The summed E-state index contributed by atoms with van der Waals surface area (Å²) in [5, 5.41) is 10.6. The molecule has 47 heavy (non-hydrogen) atoms. The standard InChI is InChI=1S/C34H43ClN4O6SSi/c1-21(2)46(3,41)38-25-13-11-23(12-14-25)22-7-9-24(10-8-22)30-26(35)17-27-33(37-30)39(20-42-15-16-47(4,5)6)34(36-27)45-29-19-44-31-28(40)18-43-32(29)31/h7-14,17,21,28-29,31-32,40H,15-16,18-20H2,1-6H3/t28-,29-,31-,32-,46?/m1/s1. The van der Waals surface area contributed by atoms with Crippen molar-refractivity contribution < 1.29 is 28.3 Å². The molecule has 2 saturated heterocycles. The highest BCUT2D eigenvalue weighted by Gasteiger charge is 2.49. The van der Waals surface area contributed by atoms with Crippen LogP contribution in [0.1, 0.15) is 13.8 Å². The summed E-state index contributed by atoms with van der Waals surface area (Å²) in [6, 6.07) is 19.0. The molecule has 252 valence electrons. The molecule has 0 aliphatic carbocycles. The number of benzene rings is 2. The first-order chi connectivity index (χ1) is 22.3. The predicted octanol–water partition coefficient (Wildman–Crippen LogP) is 6.77. The number of rotatable bonds is 11. The van der Waals surface area contributed by atoms with Gasteiger partial charge in [-0.25, -0.2) is 9.19 Å². The van der Waals surface area contributed by atoms with E-state index in [-0.39, 0.29) is 31.3 Å². The van der Waals surface area contributed by atoms with Crippen LogP contribution < -0.4 is 4.74 Å². The van der Waals surface area contributed by atoms with Crippen LogP contribution in [0.15, 0.2) is 59.0 Å². The molecule has 1 N–H and O–H groups in total. The van der Waals surface area contributed by atoms with E-state index in [0.717, 1.165) is 22.7 Å². The van der Waals surface area contributed by atoms with Crippen LogP contribution in [0.5, 0.6) is 6.01 Å². The third-order valence-corrected chi connectivity index (χ3v) is 12.9. The molecule has 6 rings (SSSR count). The molecule has 0 saturated carbocycles. The summed E-state index contributed by atoms with van der Waals surface area (Å²) in [6.07, 6.45) is -0.205. The number of pyridine rings is 1. The van der Waals surface area contributed by atoms with Gasteiger partial charge in [-0.3, -0.25) is 4.57 Å². The highest BCUT2D eigenvalue weighted by Crippen LogP contribution is 2.35. The van der Waals surface area contributed by atoms with Crippen LogP contribution in [-0.2, 0) is 30.7 Å². The number of halogens is 1. The first-order valence-electron chi connectivity index (χ1n) is 15.9. The molecule has 2 aliphatic heterocycles. The lowest BCUT2D eigenvalue weighted by molar-refractivity contribution is 0.00336. The molecule has 4 heterocycles. The maximum Gasteiger partial charge on any atom is 0.301 e. The van der Waals surface area contributed by atoms with Gasteiger partial charge in [0, 0.05) is 31.7 Å². The average molecular weight is 699 g/mol. The van der Waals surface area contributed by atoms with E-state index in [9.17, 15) is 9.32 Å². The van der Waals surface area contributed by atoms with Crippen molar-refractivity contribution >= 4 is 46.3 Å². The Hall–Kier alpha value is -2.84. The van der Waals surface area contributed by atoms with Crippen molar-refractivity contribution in [1.29, 1.82) is 0 Å². The number of hydrogen-bond acceptors (Lipinski definition) is 9. The van der Waals surface area contributed by atoms with Gasteiger partial charge in [-0.2, -0.15) is 9.35 Å². The molecule has 13 heteroatoms. The summed E-state index contributed by atoms with van der Waals surface area (Å²) in [5.74, 6) is 0. The number of aromatic nitrogens is 3. The van der Waals surface area contributed by atoms with E-state index >= 15 is 0 Å². The molecule has 2 aromatic carbocycles. The van der Waals surface area contributed by atoms with Crippen LogP contribution in [0.4, 0.5) is 5.69 Å². The molecule has 0 bridgehead atoms. The Morgan fingerprint density at radius 3 is 2.32 bits per heavy atom. The second-order valence-corrected chi connectivity index (χ2v) is 22.7. The summed E-state index contributed by atoms with van der Waals surface area (Å²) >= 11 is 6.80. The Morgan fingerprint density at radius 2 is 1.66 bits per heavy atom. The van der Waals surface area contributed by atoms with E-state index in [0.29, 0.717) is 40.2 Å². The Morgan fingerprint density at radius 1 is 1.02 bits per heavy atom. The van der Waals surface area contributed by atoms with Crippen molar-refractivity contribution in [3.63, 3.8) is 0 Å². The highest BCUT2D eigenvalue weighted by molar-refractivity contribution is 7.93. The van der Waals surface area contributed by atoms with Crippen molar-refractivity contribution in [3.8, 4) is 28.4 Å². The van der Waals surface area contributed by atoms with E-state index in [1.54, 1.807) is 12.3 Å². The first-order valence-corrected chi connectivity index (χ1v) is 22.0. The summed E-state index contributed by atoms with van der Waals surface area (Å²) in [7, 11) is -3.59. The number of aliphatic hydroxyl groups excluding tert-OH is 1. The Labute approximate surface area is 282 Å². The van der Waals surface area contributed by atoms with Gasteiger partial charge in [-0.05, 0) is 35.4 Å². The van der Waals surface area contributed by atoms with Crippen LogP contribution in [0.2, 0.25) is 30.7 Å². The first kappa shape index (κ1) is 34.0. The van der Waals surface area contributed by atoms with Crippen molar-refractivity contribution in [3.05, 3.63) is 59.6 Å². The highest BCUT2D eigenvalue weighted by atomic mass is 35.5. The fourth-order valence-electron chi connectivity index (χ4n) is 5.48. The van der Waals surface area contributed by atoms with Gasteiger partial charge in [0.2, 0.25) is 0 Å². The molecule has 2 fully saturated rings. The maximum atomic E-state index is 12.7. The molecule has 10 nitrogen and oxygen atoms in total. The average Bonchev–Trinajstić information content (AvgIpc) is 3.69. The molecule has 5 atom stereocenters. The van der Waals surface area contributed by atoms with Crippen LogP contribution in [0.25, 0.3) is 33.5 Å². The molecule has 0 radical (unpaired) electrons. The molecule has 4 aromatic rings. The zero-order valence-corrected chi connectivity index (χ0v) is 30.3. The van der Waals surface area contributed by atoms with Crippen LogP contribution in [0, 0.1) is 0 Å². The van der Waals surface area contributed by atoms with Crippen molar-refractivity contribution in [2.24, 2.45) is 4.36 Å². The fourth-order valence-corrected chi connectivity index (χ4v) is 7.24. The normalized spacial score (nSPS) is 22.5. The van der Waals surface area contributed by atoms with Gasteiger partial charge in [0.05, 0.1) is 39.3 Å². The van der Waals surface area contributed by atoms with E-state index in [4.69, 9.17) is 40.5 Å². The minimum Gasteiger partial charge on any atom is -0.456 e. The minimum atomic E-state index is -2.30. The van der Waals surface area contributed by atoms with E-state index in [1.807, 2.05) is 66.9 Å². The van der Waals surface area contributed by atoms with Crippen LogP contribution >= 0.6 is 11.6 Å². The lowest BCUT2D eigenvalue weighted by atomic mass is 10.0. The van der Waals surface area contributed by atoms with E-state index in [2.05, 4.69) is 24.0 Å². The summed E-state index contributed by atoms with van der Waals surface area (Å²) in [6.45, 7) is 12.1. The molecule has 2 aromatic heterocycles. The Balaban J connectivity index is 1.28. The van der Waals surface area contributed by atoms with Crippen molar-refractivity contribution in [2.75, 3.05) is 26.1 Å². The van der Waals surface area contributed by atoms with Crippen molar-refractivity contribution in [1.82, 2.24) is 14.5 Å². The second-order valence-electron chi connectivity index (χ2n) is 13.8. The van der Waals surface area contributed by atoms with Crippen molar-refractivity contribution in [2.45, 2.75) is 75.9 Å². The largest absolute Gasteiger partial charge is 0.456 e. The molecular formula is C34H43ClN4O6SSi. The topological polar surface area (TPSA) is 117 Å². The van der Waals surface area contributed by atoms with Gasteiger partial charge in [-0.1, -0.05) is 81.5 Å². The SMILES string of the molecule is CC(C)S(C)(=O)=Nc1ccc(-c2ccc(-c3nc4c(cc3Cl)nc(O[C@@H]3CO[C@H]5[C@@H]3OC[C@H]5O)n4COCC[Si](C)(C)C)cc2)cc1. The quantitative estimate of drug-likeness (QED) is 0.135. The maximum absolute atomic E-state index is 12.7. The minimum absolute atomic E-state index is 0.0270. The molecule has 0 spiro atoms. The third-order valence-electron chi connectivity index (χ3n) is 8.61. The molecule has 2 aliphatic rings. The second kappa shape index (κ2) is 13.6. The number of aliphatic hydroxyl groups is 1. The zero-order chi connectivity index (χ0) is 33.5. The van der Waals surface area contributed by atoms with Gasteiger partial charge in [0.15, 0.2) is 11.8 Å². The number of nitrogens with zero attached hydrogens (tertiary/aromatic N) is 4. The number of imidazole rings is 1. The summed E-state index contributed by atoms with van der Waals surface area (Å²) < 4.78 is 43.1. The lowest BCUT2D eigenvalue weighted by Crippen LogP contribution is -2.35. The Bertz CT molecular complexity index is 1850. The van der Waals surface area contributed by atoms with Crippen LogP contribution in [-0.4, -0.2) is 87.7 Å². The number of ether oxygens (including phenoxy) is 4. The van der Waals surface area contributed by atoms with Gasteiger partial charge in [0.1, 0.15) is 30.6 Å². The van der Waals surface area contributed by atoms with Crippen LogP contribution in [0.3, 0.4) is 0 Å². The van der Waals surface area contributed by atoms with Gasteiger partial charge < -0.3 is 24.1 Å². The molecule has 1 unspecified atom stereocenters. The van der Waals surface area contributed by atoms with E-state index in [1.165, 1.54) is 0 Å². The smallest absolute Gasteiger partial charge is 0.301 e. The van der Waals surface area contributed by atoms with Gasteiger partial charge in [-0.15, -0.1) is 0 Å². The Kier molecular flexibility index (Phi) is 9.83. The molecule has 0 amide bonds. The fraction of sp³-hybridized carbons (Fsp3) is 0.471. The van der Waals surface area contributed by atoms with Gasteiger partial charge in [0.25, 0.3) is 0 Å². The summed E-state index contributed by atoms with van der Waals surface area (Å²) in [5.41, 5.74) is 5.39. The lowest BCUT2D eigenvalue weighted by Gasteiger charge is -2.19. The number of hydrogen-bond donors (Lipinski definition) is 1. The summed E-state index contributed by atoms with van der Waals surface area (Å²) in [4.78, 5) is 9.73. The van der Waals surface area contributed by atoms with E-state index < -0.39 is 36.1 Å².